The number of nitrogens with zero attached hydrogens (tertiary/aromatic N) is 1. The van der Waals surface area contributed by atoms with Gasteiger partial charge in [0.05, 0.1) is 5.02 Å². The third-order valence-corrected chi connectivity index (χ3v) is 2.04. The van der Waals surface area contributed by atoms with Gasteiger partial charge in [0.1, 0.15) is 0 Å². The molecule has 0 saturated heterocycles. The van der Waals surface area contributed by atoms with E-state index in [1.54, 1.807) is 6.07 Å². The monoisotopic (exact) mass is 232 g/mol. The molecule has 3 N–H and O–H groups in total. The Hall–Kier alpha value is -1.49. The first-order valence-corrected chi connectivity index (χ1v) is 4.52. The molecule has 0 aliphatic carbocycles. The van der Waals surface area contributed by atoms with E-state index in [9.17, 15) is 4.39 Å². The maximum atomic E-state index is 13.3. The highest BCUT2D eigenvalue weighted by molar-refractivity contribution is 6.30. The number of halogens is 2. The van der Waals surface area contributed by atoms with Gasteiger partial charge in [-0.05, 0) is 19.1 Å². The zero-order valence-electron chi connectivity index (χ0n) is 7.95. The summed E-state index contributed by atoms with van der Waals surface area (Å²) in [7, 11) is 0. The predicted molar refractivity (Wildman–Crippen MR) is 54.9 cm³/mol. The maximum Gasteiger partial charge on any atom is 0.183 e. The van der Waals surface area contributed by atoms with E-state index in [0.717, 1.165) is 0 Å². The maximum absolute atomic E-state index is 13.3. The smallest absolute Gasteiger partial charge is 0.183 e. The molecule has 1 atom stereocenters. The van der Waals surface area contributed by atoms with Gasteiger partial charge in [-0.2, -0.15) is 0 Å². The summed E-state index contributed by atoms with van der Waals surface area (Å²) in [6.07, 6.45) is -0.733. The summed E-state index contributed by atoms with van der Waals surface area (Å²) in [5.74, 6) is -0.854. The molecular formula is C9H10ClFN2O2. The molecule has 0 aliphatic heterocycles. The molecule has 0 spiro atoms. The van der Waals surface area contributed by atoms with E-state index in [0.29, 0.717) is 0 Å². The van der Waals surface area contributed by atoms with Crippen molar-refractivity contribution in [3.8, 4) is 5.75 Å². The van der Waals surface area contributed by atoms with Crippen LogP contribution in [-0.2, 0) is 0 Å². The number of ether oxygens (including phenoxy) is 1. The molecular weight excluding hydrogens is 223 g/mol. The van der Waals surface area contributed by atoms with Crippen molar-refractivity contribution in [2.75, 3.05) is 0 Å². The minimum Gasteiger partial charge on any atom is -0.480 e. The minimum absolute atomic E-state index is 0.0402. The molecule has 0 fully saturated rings. The van der Waals surface area contributed by atoms with Gasteiger partial charge in [-0.25, -0.2) is 4.39 Å². The average molecular weight is 233 g/mol. The first kappa shape index (κ1) is 11.6. The van der Waals surface area contributed by atoms with Gasteiger partial charge in [0.15, 0.2) is 23.5 Å². The van der Waals surface area contributed by atoms with Crippen LogP contribution >= 0.6 is 11.6 Å². The second-order valence-corrected chi connectivity index (χ2v) is 3.24. The lowest BCUT2D eigenvalue weighted by Crippen LogP contribution is -2.31. The Labute approximate surface area is 91.1 Å². The van der Waals surface area contributed by atoms with Crippen molar-refractivity contribution >= 4 is 17.4 Å². The van der Waals surface area contributed by atoms with Crippen LogP contribution in [0.3, 0.4) is 0 Å². The molecule has 6 heteroatoms. The molecule has 0 saturated carbocycles. The van der Waals surface area contributed by atoms with Gasteiger partial charge >= 0.3 is 0 Å². The number of oxime groups is 1. The van der Waals surface area contributed by atoms with E-state index >= 15 is 0 Å². The van der Waals surface area contributed by atoms with Gasteiger partial charge in [0.25, 0.3) is 0 Å². The lowest BCUT2D eigenvalue weighted by molar-refractivity contribution is 0.256. The third-order valence-electron chi connectivity index (χ3n) is 1.75. The summed E-state index contributed by atoms with van der Waals surface area (Å²) in [6, 6.07) is 4.35. The quantitative estimate of drug-likeness (QED) is 0.362. The van der Waals surface area contributed by atoms with Crippen molar-refractivity contribution < 1.29 is 14.3 Å². The van der Waals surface area contributed by atoms with E-state index < -0.39 is 11.9 Å². The Morgan fingerprint density at radius 3 is 2.93 bits per heavy atom. The number of nitrogens with two attached hydrogens (primary N) is 1. The summed E-state index contributed by atoms with van der Waals surface area (Å²) >= 11 is 5.54. The lowest BCUT2D eigenvalue weighted by Gasteiger charge is -2.13. The number of hydrogen-bond donors (Lipinski definition) is 2. The molecule has 0 aliphatic rings. The molecule has 1 aromatic carbocycles. The van der Waals surface area contributed by atoms with Crippen LogP contribution in [0.15, 0.2) is 23.4 Å². The third kappa shape index (κ3) is 2.73. The first-order chi connectivity index (χ1) is 7.06. The Balaban J connectivity index is 2.86. The van der Waals surface area contributed by atoms with Crippen molar-refractivity contribution in [2.45, 2.75) is 13.0 Å². The summed E-state index contributed by atoms with van der Waals surface area (Å²) in [5, 5.41) is 11.1. The van der Waals surface area contributed by atoms with Crippen LogP contribution < -0.4 is 10.5 Å². The van der Waals surface area contributed by atoms with E-state index in [2.05, 4.69) is 5.16 Å². The number of amidine groups is 1. The average Bonchev–Trinajstić information content (AvgIpc) is 2.23. The normalized spacial score (nSPS) is 13.7. The molecule has 1 aromatic rings. The van der Waals surface area contributed by atoms with Crippen LogP contribution in [-0.4, -0.2) is 17.1 Å². The Morgan fingerprint density at radius 2 is 2.33 bits per heavy atom. The van der Waals surface area contributed by atoms with E-state index in [-0.39, 0.29) is 16.6 Å². The zero-order valence-corrected chi connectivity index (χ0v) is 8.70. The second kappa shape index (κ2) is 4.84. The Bertz CT molecular complexity index is 384. The highest BCUT2D eigenvalue weighted by Crippen LogP contribution is 2.24. The van der Waals surface area contributed by atoms with Crippen molar-refractivity contribution in [1.82, 2.24) is 0 Å². The molecule has 15 heavy (non-hydrogen) atoms. The minimum atomic E-state index is -0.733. The van der Waals surface area contributed by atoms with Gasteiger partial charge in [0, 0.05) is 0 Å². The van der Waals surface area contributed by atoms with Crippen LogP contribution in [0, 0.1) is 5.82 Å². The highest BCUT2D eigenvalue weighted by atomic mass is 35.5. The van der Waals surface area contributed by atoms with Crippen LogP contribution in [0.4, 0.5) is 4.39 Å². The fourth-order valence-electron chi connectivity index (χ4n) is 0.907. The fourth-order valence-corrected chi connectivity index (χ4v) is 1.07. The fraction of sp³-hybridized carbons (Fsp3) is 0.222. The highest BCUT2D eigenvalue weighted by Gasteiger charge is 2.13. The van der Waals surface area contributed by atoms with Crippen LogP contribution in [0.1, 0.15) is 6.92 Å². The zero-order chi connectivity index (χ0) is 11.4. The van der Waals surface area contributed by atoms with Gasteiger partial charge in [0.2, 0.25) is 0 Å². The number of hydrogen-bond acceptors (Lipinski definition) is 3. The van der Waals surface area contributed by atoms with Crippen molar-refractivity contribution in [3.63, 3.8) is 0 Å². The number of benzene rings is 1. The predicted octanol–water partition coefficient (Wildman–Crippen LogP) is 1.99. The Kier molecular flexibility index (Phi) is 3.74. The Morgan fingerprint density at radius 1 is 1.67 bits per heavy atom. The van der Waals surface area contributed by atoms with Crippen LogP contribution in [0.5, 0.6) is 5.75 Å². The van der Waals surface area contributed by atoms with Crippen LogP contribution in [0.25, 0.3) is 0 Å². The molecule has 0 bridgehead atoms. The van der Waals surface area contributed by atoms with Crippen molar-refractivity contribution in [3.05, 3.63) is 29.0 Å². The summed E-state index contributed by atoms with van der Waals surface area (Å²) in [6.45, 7) is 1.52. The van der Waals surface area contributed by atoms with Crippen LogP contribution in [0.2, 0.25) is 5.02 Å². The van der Waals surface area contributed by atoms with Gasteiger partial charge in [-0.15, -0.1) is 0 Å². The van der Waals surface area contributed by atoms with E-state index in [1.807, 2.05) is 0 Å². The molecule has 0 amide bonds. The topological polar surface area (TPSA) is 67.8 Å². The van der Waals surface area contributed by atoms with E-state index in [4.69, 9.17) is 27.3 Å². The summed E-state index contributed by atoms with van der Waals surface area (Å²) in [5.41, 5.74) is 5.27. The number of rotatable bonds is 3. The molecule has 0 radical (unpaired) electrons. The summed E-state index contributed by atoms with van der Waals surface area (Å²) < 4.78 is 18.4. The van der Waals surface area contributed by atoms with Gasteiger partial charge < -0.3 is 15.7 Å². The molecule has 0 aromatic heterocycles. The SMILES string of the molecule is CC(Oc1cccc(Cl)c1F)/C(N)=N/O. The van der Waals surface area contributed by atoms with Crippen molar-refractivity contribution in [1.29, 1.82) is 0 Å². The van der Waals surface area contributed by atoms with Gasteiger partial charge in [-0.1, -0.05) is 22.8 Å². The molecule has 1 unspecified atom stereocenters. The van der Waals surface area contributed by atoms with Crippen molar-refractivity contribution in [2.24, 2.45) is 10.9 Å². The standard InChI is InChI=1S/C9H10ClFN2O2/c1-5(9(12)13-14)15-7-4-2-3-6(10)8(7)11/h2-5,14H,1H3,(H2,12,13). The molecule has 4 nitrogen and oxygen atoms in total. The van der Waals surface area contributed by atoms with E-state index in [1.165, 1.54) is 19.1 Å². The molecule has 1 rings (SSSR count). The van der Waals surface area contributed by atoms with Gasteiger partial charge in [-0.3, -0.25) is 0 Å². The molecule has 82 valence electrons. The molecule has 0 heterocycles. The first-order valence-electron chi connectivity index (χ1n) is 4.14. The second-order valence-electron chi connectivity index (χ2n) is 2.84. The largest absolute Gasteiger partial charge is 0.480 e. The lowest BCUT2D eigenvalue weighted by atomic mass is 10.3. The summed E-state index contributed by atoms with van der Waals surface area (Å²) in [4.78, 5) is 0.